The number of halogens is 4. The summed E-state index contributed by atoms with van der Waals surface area (Å²) in [4.78, 5) is 0. The van der Waals surface area contributed by atoms with Crippen LogP contribution in [0.1, 0.15) is 111 Å². The lowest BCUT2D eigenvalue weighted by molar-refractivity contribution is 0.281. The van der Waals surface area contributed by atoms with E-state index in [9.17, 15) is 0 Å². The summed E-state index contributed by atoms with van der Waals surface area (Å²) in [5.41, 5.74) is 19.2. The van der Waals surface area contributed by atoms with Crippen molar-refractivity contribution in [3.63, 3.8) is 0 Å². The Bertz CT molecular complexity index is 6010. The zero-order valence-corrected chi connectivity index (χ0v) is 84.6. The van der Waals surface area contributed by atoms with Gasteiger partial charge in [0, 0.05) is 24.3 Å². The standard InChI is InChI=1S/C126H108Cl4O12P2/c1-9-87-17-33-95(34-18-87)75-131-107-59-103(60-108(67-107)132-76-96-35-19-88(10-2)20-36-96)83-139-123-53-49-115(71-119(123)127)143(116-50-54-124(120(128)72-116)140-84-104-61-109(133-77-97-37-21-89(11-3)22-38-97)68-110(62-104)134-78-98-39-23-90(12-4)24-40-98)57-58-144(117-51-55-125(121(129)73-117)141-85-105-63-111(135-79-99-41-25-91(13-5)26-42-99)69-112(64-105)136-80-100-43-27-92(14-6)28-44-100)118-52-56-126(122(130)74-118)142-86-106-65-113(137-81-101-45-29-93(15-7)30-46-101)70-114(66-106)138-82-102-47-31-94(16-8)32-48-102/h9-56,59-74H,1-8,57-58,75-86H2. The quantitative estimate of drug-likeness (QED) is 0.0339. The maximum Gasteiger partial charge on any atom is 0.138 e. The zero-order chi connectivity index (χ0) is 99.9. The summed E-state index contributed by atoms with van der Waals surface area (Å²) in [6, 6.07) is 112. The summed E-state index contributed by atoms with van der Waals surface area (Å²) in [6.45, 7) is 34.5. The number of rotatable bonds is 51. The van der Waals surface area contributed by atoms with Crippen molar-refractivity contribution in [2.75, 3.05) is 12.3 Å². The molecule has 0 radical (unpaired) electrons. The Morgan fingerprint density at radius 3 is 0.431 bits per heavy atom. The predicted molar refractivity (Wildman–Crippen MR) is 598 cm³/mol. The van der Waals surface area contributed by atoms with Crippen molar-refractivity contribution >= 4 is 132 Å². The number of hydrogen-bond acceptors (Lipinski definition) is 12. The van der Waals surface area contributed by atoms with Crippen molar-refractivity contribution < 1.29 is 56.8 Å². The van der Waals surface area contributed by atoms with Crippen LogP contribution in [0.5, 0.6) is 69.0 Å². The fraction of sp³-hybridized carbons (Fsp3) is 0.111. The van der Waals surface area contributed by atoms with E-state index in [0.29, 0.717) is 154 Å². The van der Waals surface area contributed by atoms with Crippen LogP contribution in [-0.4, -0.2) is 12.3 Å². The molecule has 0 N–H and O–H groups in total. The van der Waals surface area contributed by atoms with Gasteiger partial charge in [-0.25, -0.2) is 0 Å². The van der Waals surface area contributed by atoms with Crippen LogP contribution in [0.3, 0.4) is 0 Å². The van der Waals surface area contributed by atoms with Crippen molar-refractivity contribution in [2.45, 2.75) is 79.3 Å². The molecule has 0 aliphatic heterocycles. The van der Waals surface area contributed by atoms with Gasteiger partial charge in [0.05, 0.1) is 20.1 Å². The van der Waals surface area contributed by atoms with Crippen LogP contribution in [0, 0.1) is 0 Å². The Morgan fingerprint density at radius 1 is 0.160 bits per heavy atom. The second-order valence-electron chi connectivity index (χ2n) is 34.0. The molecule has 16 aromatic carbocycles. The smallest absolute Gasteiger partial charge is 0.138 e. The lowest BCUT2D eigenvalue weighted by Gasteiger charge is -2.25. The third kappa shape index (κ3) is 29.4. The molecule has 0 unspecified atom stereocenters. The first-order chi connectivity index (χ1) is 70.4. The molecule has 16 rings (SSSR count). The van der Waals surface area contributed by atoms with E-state index in [1.54, 1.807) is 0 Å². The second kappa shape index (κ2) is 51.1. The molecule has 0 amide bonds. The molecule has 0 saturated carbocycles. The lowest BCUT2D eigenvalue weighted by Crippen LogP contribution is -2.20. The highest BCUT2D eigenvalue weighted by Crippen LogP contribution is 2.47. The zero-order valence-electron chi connectivity index (χ0n) is 79.8. The van der Waals surface area contributed by atoms with Crippen LogP contribution < -0.4 is 78.1 Å². The molecule has 0 saturated heterocycles. The minimum absolute atomic E-state index is 0.126. The average molecular weight is 2020 g/mol. The summed E-state index contributed by atoms with van der Waals surface area (Å²) < 4.78 is 78.9. The minimum Gasteiger partial charge on any atom is -0.489 e. The normalized spacial score (nSPS) is 11.0. The van der Waals surface area contributed by atoms with Crippen molar-refractivity contribution in [1.29, 1.82) is 0 Å². The van der Waals surface area contributed by atoms with Gasteiger partial charge in [0.25, 0.3) is 0 Å². The average Bonchev–Trinajstić information content (AvgIpc) is 0.792. The highest BCUT2D eigenvalue weighted by molar-refractivity contribution is 7.76. The summed E-state index contributed by atoms with van der Waals surface area (Å²) in [6.07, 6.45) is 15.7. The van der Waals surface area contributed by atoms with E-state index < -0.39 is 15.8 Å². The molecule has 0 bridgehead atoms. The highest BCUT2D eigenvalue weighted by atomic mass is 35.5. The number of ether oxygens (including phenoxy) is 12. The van der Waals surface area contributed by atoms with Gasteiger partial charge in [-0.1, -0.05) is 366 Å². The van der Waals surface area contributed by atoms with Gasteiger partial charge in [0.15, 0.2) is 0 Å². The molecule has 722 valence electrons. The van der Waals surface area contributed by atoms with Crippen LogP contribution in [0.25, 0.3) is 48.6 Å². The molecule has 0 atom stereocenters. The van der Waals surface area contributed by atoms with Crippen LogP contribution in [0.15, 0.2) is 392 Å². The molecule has 144 heavy (non-hydrogen) atoms. The molecule has 16 aromatic rings. The van der Waals surface area contributed by atoms with Crippen LogP contribution in [0.2, 0.25) is 20.1 Å². The molecule has 0 aromatic heterocycles. The monoisotopic (exact) mass is 2010 g/mol. The van der Waals surface area contributed by atoms with Crippen molar-refractivity contribution in [3.8, 4) is 69.0 Å². The van der Waals surface area contributed by atoms with E-state index in [0.717, 1.165) is 132 Å². The largest absolute Gasteiger partial charge is 0.489 e. The van der Waals surface area contributed by atoms with Gasteiger partial charge in [0.2, 0.25) is 0 Å². The van der Waals surface area contributed by atoms with E-state index >= 15 is 0 Å². The topological polar surface area (TPSA) is 111 Å². The first kappa shape index (κ1) is 102. The lowest BCUT2D eigenvalue weighted by atomic mass is 10.1. The molecular formula is C126H108Cl4O12P2. The van der Waals surface area contributed by atoms with Crippen LogP contribution >= 0.6 is 62.2 Å². The van der Waals surface area contributed by atoms with Crippen molar-refractivity contribution in [2.24, 2.45) is 0 Å². The predicted octanol–water partition coefficient (Wildman–Crippen LogP) is 32.0. The Hall–Kier alpha value is -14.9. The number of hydrogen-bond donors (Lipinski definition) is 0. The molecule has 0 aliphatic rings. The van der Waals surface area contributed by atoms with Gasteiger partial charge in [0.1, 0.15) is 148 Å². The summed E-state index contributed by atoms with van der Waals surface area (Å²) in [5.74, 6) is 6.71. The maximum atomic E-state index is 7.60. The van der Waals surface area contributed by atoms with Gasteiger partial charge >= 0.3 is 0 Å². The van der Waals surface area contributed by atoms with Crippen LogP contribution in [0.4, 0.5) is 0 Å². The van der Waals surface area contributed by atoms with E-state index in [1.807, 2.05) is 364 Å². The molecule has 0 aliphatic carbocycles. The summed E-state index contributed by atoms with van der Waals surface area (Å²) in [7, 11) is -2.69. The highest BCUT2D eigenvalue weighted by Gasteiger charge is 2.26. The fourth-order valence-electron chi connectivity index (χ4n) is 15.6. The first-order valence-corrected chi connectivity index (χ1v) is 51.5. The third-order valence-electron chi connectivity index (χ3n) is 23.8. The van der Waals surface area contributed by atoms with Crippen molar-refractivity contribution in [1.82, 2.24) is 0 Å². The van der Waals surface area contributed by atoms with Crippen molar-refractivity contribution in [3.05, 3.63) is 524 Å². The molecule has 0 spiro atoms. The molecular weight excluding hydrogens is 1910 g/mol. The molecule has 0 heterocycles. The van der Waals surface area contributed by atoms with Crippen LogP contribution in [-0.2, 0) is 79.3 Å². The summed E-state index contributed by atoms with van der Waals surface area (Å²) in [5, 5.41) is 5.43. The first-order valence-electron chi connectivity index (χ1n) is 47.0. The van der Waals surface area contributed by atoms with E-state index in [1.165, 1.54) is 0 Å². The van der Waals surface area contributed by atoms with Gasteiger partial charge < -0.3 is 56.8 Å². The van der Waals surface area contributed by atoms with E-state index in [-0.39, 0.29) is 26.4 Å². The minimum atomic E-state index is -1.35. The number of benzene rings is 16. The SMILES string of the molecule is C=Cc1ccc(COc2cc(COc3ccc(P(CCP(c4ccc(OCc5cc(OCc6ccc(C=C)cc6)cc(OCc6ccc(C=C)cc6)c5)c(Cl)c4)c4ccc(OCc5cc(OCc6ccc(C=C)cc6)cc(OCc6ccc(C=C)cc6)c5)c(Cl)c4)c4ccc(OCc5cc(OCc6ccc(C=C)cc6)cc(OCc6ccc(C=C)cc6)c5)c(Cl)c4)cc3Cl)cc(OCc3ccc(C=C)cc3)c2)cc1. The third-order valence-corrected chi connectivity index (χ3v) is 30.2. The van der Waals surface area contributed by atoms with E-state index in [4.69, 9.17) is 103 Å². The summed E-state index contributed by atoms with van der Waals surface area (Å²) >= 11 is 30.4. The Kier molecular flexibility index (Phi) is 36.2. The molecule has 18 heteroatoms. The Labute approximate surface area is 866 Å². The van der Waals surface area contributed by atoms with Gasteiger partial charge in [-0.15, -0.1) is 0 Å². The van der Waals surface area contributed by atoms with E-state index in [2.05, 4.69) is 76.9 Å². The second-order valence-corrected chi connectivity index (χ2v) is 40.3. The van der Waals surface area contributed by atoms with Gasteiger partial charge in [-0.05, 0) is 258 Å². The fourth-order valence-corrected chi connectivity index (χ4v) is 22.2. The van der Waals surface area contributed by atoms with Gasteiger partial charge in [-0.3, -0.25) is 0 Å². The Morgan fingerprint density at radius 2 is 0.299 bits per heavy atom. The molecule has 0 fully saturated rings. The Balaban J connectivity index is 0.723. The van der Waals surface area contributed by atoms with Gasteiger partial charge in [-0.2, -0.15) is 0 Å². The maximum absolute atomic E-state index is 7.60. The molecule has 12 nitrogen and oxygen atoms in total.